The first-order valence-corrected chi connectivity index (χ1v) is 6.51. The van der Waals surface area contributed by atoms with E-state index in [1.54, 1.807) is 0 Å². The molecule has 0 fully saturated rings. The maximum Gasteiger partial charge on any atom is 0.193 e. The fourth-order valence-corrected chi connectivity index (χ4v) is 1.82. The molecule has 0 saturated heterocycles. The fourth-order valence-electron chi connectivity index (χ4n) is 1.82. The van der Waals surface area contributed by atoms with Crippen LogP contribution in [-0.2, 0) is 6.54 Å². The zero-order valence-electron chi connectivity index (χ0n) is 12.6. The predicted molar refractivity (Wildman–Crippen MR) is 91.4 cm³/mol. The van der Waals surface area contributed by atoms with Crippen LogP contribution in [0.25, 0.3) is 0 Å². The van der Waals surface area contributed by atoms with E-state index in [1.165, 1.54) is 5.69 Å². The minimum Gasteiger partial charge on any atom is -0.357 e. The van der Waals surface area contributed by atoms with E-state index in [4.69, 9.17) is 0 Å². The van der Waals surface area contributed by atoms with Crippen LogP contribution in [0.3, 0.4) is 0 Å². The molecule has 1 rings (SSSR count). The molecule has 0 saturated carbocycles. The molecule has 6 heteroatoms. The van der Waals surface area contributed by atoms with Crippen LogP contribution in [0.5, 0.6) is 0 Å². The number of aromatic nitrogens is 2. The molecule has 110 valence electrons. The molecule has 1 heterocycles. The number of nitrogens with zero attached hydrogens (tertiary/aromatic N) is 4. The van der Waals surface area contributed by atoms with Gasteiger partial charge in [-0.2, -0.15) is 5.10 Å². The Kier molecular flexibility index (Phi) is 8.79. The van der Waals surface area contributed by atoms with Crippen molar-refractivity contribution in [2.24, 2.45) is 4.99 Å². The molecule has 0 radical (unpaired) electrons. The van der Waals surface area contributed by atoms with Crippen LogP contribution < -0.4 is 5.32 Å². The van der Waals surface area contributed by atoms with E-state index in [1.807, 2.05) is 30.6 Å². The third-order valence-electron chi connectivity index (χ3n) is 2.65. The number of hydrogen-bond acceptors (Lipinski definition) is 2. The van der Waals surface area contributed by atoms with Crippen LogP contribution in [-0.4, -0.2) is 47.8 Å². The lowest BCUT2D eigenvalue weighted by Gasteiger charge is -2.16. The van der Waals surface area contributed by atoms with Crippen LogP contribution in [0.4, 0.5) is 0 Å². The molecular weight excluding hydrogens is 353 g/mol. The maximum absolute atomic E-state index is 4.55. The van der Waals surface area contributed by atoms with Crippen LogP contribution in [0, 0.1) is 13.8 Å². The van der Waals surface area contributed by atoms with Crippen molar-refractivity contribution in [1.29, 1.82) is 0 Å². The molecule has 0 unspecified atom stereocenters. The maximum atomic E-state index is 4.55. The van der Waals surface area contributed by atoms with Crippen LogP contribution in [0.1, 0.15) is 24.7 Å². The summed E-state index contributed by atoms with van der Waals surface area (Å²) in [6.07, 6.45) is 1.00. The van der Waals surface area contributed by atoms with Crippen molar-refractivity contribution in [3.8, 4) is 0 Å². The highest BCUT2D eigenvalue weighted by Crippen LogP contribution is 2.02. The fraction of sp³-hybridized carbons (Fsp3) is 0.692. The van der Waals surface area contributed by atoms with E-state index in [0.717, 1.165) is 37.7 Å². The van der Waals surface area contributed by atoms with Gasteiger partial charge in [0.1, 0.15) is 0 Å². The van der Waals surface area contributed by atoms with Gasteiger partial charge in [-0.25, -0.2) is 0 Å². The van der Waals surface area contributed by atoms with Crippen molar-refractivity contribution in [3.63, 3.8) is 0 Å². The molecule has 19 heavy (non-hydrogen) atoms. The first-order valence-electron chi connectivity index (χ1n) is 6.51. The molecule has 0 aromatic carbocycles. The minimum absolute atomic E-state index is 0. The second kappa shape index (κ2) is 9.17. The Morgan fingerprint density at radius 1 is 1.42 bits per heavy atom. The van der Waals surface area contributed by atoms with Gasteiger partial charge in [0.25, 0.3) is 0 Å². The van der Waals surface area contributed by atoms with Gasteiger partial charge in [-0.15, -0.1) is 24.0 Å². The zero-order valence-corrected chi connectivity index (χ0v) is 14.9. The smallest absolute Gasteiger partial charge is 0.193 e. The summed E-state index contributed by atoms with van der Waals surface area (Å²) in [6, 6.07) is 2.10. The Bertz CT molecular complexity index is 398. The second-order valence-electron chi connectivity index (χ2n) is 4.63. The predicted octanol–water partition coefficient (Wildman–Crippen LogP) is 2.04. The van der Waals surface area contributed by atoms with Gasteiger partial charge in [-0.3, -0.25) is 9.67 Å². The molecule has 0 amide bonds. The molecule has 1 N–H and O–H groups in total. The minimum atomic E-state index is 0. The molecule has 1 aromatic rings. The van der Waals surface area contributed by atoms with E-state index in [-0.39, 0.29) is 24.0 Å². The van der Waals surface area contributed by atoms with Gasteiger partial charge >= 0.3 is 0 Å². The molecule has 0 atom stereocenters. The van der Waals surface area contributed by atoms with E-state index in [2.05, 4.69) is 35.3 Å². The number of guanidine groups is 1. The Morgan fingerprint density at radius 3 is 2.58 bits per heavy atom. The summed E-state index contributed by atoms with van der Waals surface area (Å²) in [4.78, 5) is 6.56. The number of hydrogen-bond donors (Lipinski definition) is 1. The molecule has 0 aliphatic rings. The number of halogens is 1. The lowest BCUT2D eigenvalue weighted by atomic mass is 10.4. The van der Waals surface area contributed by atoms with Crippen molar-refractivity contribution >= 4 is 29.9 Å². The van der Waals surface area contributed by atoms with Gasteiger partial charge in [0.2, 0.25) is 0 Å². The lowest BCUT2D eigenvalue weighted by molar-refractivity contribution is 0.554. The summed E-state index contributed by atoms with van der Waals surface area (Å²) < 4.78 is 2.05. The second-order valence-corrected chi connectivity index (χ2v) is 4.63. The summed E-state index contributed by atoms with van der Waals surface area (Å²) in [7, 11) is 4.00. The molecule has 0 spiro atoms. The number of aliphatic imine (C=N–C) groups is 1. The molecule has 1 aromatic heterocycles. The average Bonchev–Trinajstić information content (AvgIpc) is 2.61. The van der Waals surface area contributed by atoms with E-state index in [9.17, 15) is 0 Å². The van der Waals surface area contributed by atoms with Crippen molar-refractivity contribution in [3.05, 3.63) is 17.5 Å². The lowest BCUT2D eigenvalue weighted by Crippen LogP contribution is -2.36. The summed E-state index contributed by atoms with van der Waals surface area (Å²) in [6.45, 7) is 8.84. The Balaban J connectivity index is 0.00000324. The summed E-state index contributed by atoms with van der Waals surface area (Å²) in [5.74, 6) is 0.950. The molecule has 0 aliphatic heterocycles. The quantitative estimate of drug-likeness (QED) is 0.369. The van der Waals surface area contributed by atoms with Crippen molar-refractivity contribution in [1.82, 2.24) is 20.0 Å². The topological polar surface area (TPSA) is 45.5 Å². The Labute approximate surface area is 133 Å². The zero-order chi connectivity index (χ0) is 13.5. The molecule has 0 aliphatic carbocycles. The van der Waals surface area contributed by atoms with Crippen molar-refractivity contribution in [2.45, 2.75) is 33.7 Å². The summed E-state index contributed by atoms with van der Waals surface area (Å²) in [5, 5.41) is 7.69. The number of nitrogens with one attached hydrogen (secondary N) is 1. The number of rotatable bonds is 5. The Morgan fingerprint density at radius 2 is 2.11 bits per heavy atom. The third-order valence-corrected chi connectivity index (χ3v) is 2.65. The van der Waals surface area contributed by atoms with Gasteiger partial charge in [0.15, 0.2) is 5.96 Å². The van der Waals surface area contributed by atoms with Gasteiger partial charge in [0, 0.05) is 39.4 Å². The molecule has 5 nitrogen and oxygen atoms in total. The van der Waals surface area contributed by atoms with Crippen LogP contribution in [0.15, 0.2) is 11.1 Å². The standard InChI is InChI=1S/C13H25N5.HI/c1-6-14-13(17(4)5)15-8-7-9-18-12(3)10-11(2)16-18;/h10H,6-9H2,1-5H3,(H,14,15);1H. The van der Waals surface area contributed by atoms with Crippen LogP contribution >= 0.6 is 24.0 Å². The van der Waals surface area contributed by atoms with Gasteiger partial charge in [-0.05, 0) is 33.3 Å². The van der Waals surface area contributed by atoms with Crippen molar-refractivity contribution in [2.75, 3.05) is 27.2 Å². The Hall–Kier alpha value is -0.790. The van der Waals surface area contributed by atoms with Gasteiger partial charge < -0.3 is 10.2 Å². The van der Waals surface area contributed by atoms with E-state index in [0.29, 0.717) is 0 Å². The first-order chi connectivity index (χ1) is 8.54. The highest BCUT2D eigenvalue weighted by atomic mass is 127. The van der Waals surface area contributed by atoms with Crippen LogP contribution in [0.2, 0.25) is 0 Å². The molecular formula is C13H26IN5. The van der Waals surface area contributed by atoms with Gasteiger partial charge in [-0.1, -0.05) is 0 Å². The SMILES string of the molecule is CCNC(=NCCCn1nc(C)cc1C)N(C)C.I. The summed E-state index contributed by atoms with van der Waals surface area (Å²) in [5.41, 5.74) is 2.30. The normalized spacial score (nSPS) is 11.1. The molecule has 0 bridgehead atoms. The first kappa shape index (κ1) is 18.2. The van der Waals surface area contributed by atoms with E-state index < -0.39 is 0 Å². The monoisotopic (exact) mass is 379 g/mol. The number of aryl methyl sites for hydroxylation is 3. The third kappa shape index (κ3) is 6.26. The van der Waals surface area contributed by atoms with E-state index >= 15 is 0 Å². The highest BCUT2D eigenvalue weighted by molar-refractivity contribution is 14.0. The average molecular weight is 379 g/mol. The van der Waals surface area contributed by atoms with Crippen molar-refractivity contribution < 1.29 is 0 Å². The van der Waals surface area contributed by atoms with Gasteiger partial charge in [0.05, 0.1) is 5.69 Å². The largest absolute Gasteiger partial charge is 0.357 e. The summed E-state index contributed by atoms with van der Waals surface area (Å²) >= 11 is 0. The highest BCUT2D eigenvalue weighted by Gasteiger charge is 2.01.